The molecular weight excluding hydrogens is 308 g/mol. The number of rotatable bonds is 7. The summed E-state index contributed by atoms with van der Waals surface area (Å²) < 4.78 is 10.5. The van der Waals surface area contributed by atoms with Gasteiger partial charge in [-0.3, -0.25) is 14.5 Å². The standard InChI is InChI=1S/C14H22N2O7/c1-8(22-6-9-7-23-9)4-15-12(20)14(2,3)16(13(15)21)11(19)10(18)5-17/h8-10,17-18H,4-7H2,1-3H3. The van der Waals surface area contributed by atoms with Crippen LogP contribution in [0, 0.1) is 0 Å². The van der Waals surface area contributed by atoms with Gasteiger partial charge in [0, 0.05) is 0 Å². The molecule has 2 heterocycles. The average molecular weight is 330 g/mol. The van der Waals surface area contributed by atoms with E-state index >= 15 is 0 Å². The number of carbonyl (C=O) groups excluding carboxylic acids is 3. The molecule has 0 saturated carbocycles. The van der Waals surface area contributed by atoms with Crippen LogP contribution in [0.1, 0.15) is 20.8 Å². The molecule has 2 N–H and O–H groups in total. The fraction of sp³-hybridized carbons (Fsp3) is 0.786. The number of ether oxygens (including phenoxy) is 2. The first-order chi connectivity index (χ1) is 10.7. The van der Waals surface area contributed by atoms with Crippen molar-refractivity contribution in [1.82, 2.24) is 9.80 Å². The van der Waals surface area contributed by atoms with Crippen molar-refractivity contribution in [3.8, 4) is 0 Å². The Bertz CT molecular complexity index is 503. The van der Waals surface area contributed by atoms with Crippen molar-refractivity contribution in [2.24, 2.45) is 0 Å². The number of aliphatic hydroxyl groups excluding tert-OH is 2. The Morgan fingerprint density at radius 1 is 1.48 bits per heavy atom. The zero-order chi connectivity index (χ0) is 17.4. The molecule has 9 nitrogen and oxygen atoms in total. The number of carbonyl (C=O) groups is 3. The minimum absolute atomic E-state index is 0.00713. The second-order valence-electron chi connectivity index (χ2n) is 6.23. The molecular formula is C14H22N2O7. The Morgan fingerprint density at radius 3 is 2.61 bits per heavy atom. The van der Waals surface area contributed by atoms with Crippen LogP contribution in [0.5, 0.6) is 0 Å². The van der Waals surface area contributed by atoms with Gasteiger partial charge in [-0.1, -0.05) is 0 Å². The number of epoxide rings is 1. The van der Waals surface area contributed by atoms with E-state index in [-0.39, 0.29) is 12.6 Å². The molecule has 9 heteroatoms. The van der Waals surface area contributed by atoms with Crippen LogP contribution in [-0.2, 0) is 19.1 Å². The van der Waals surface area contributed by atoms with E-state index in [2.05, 4.69) is 0 Å². The van der Waals surface area contributed by atoms with Crippen molar-refractivity contribution in [2.45, 2.75) is 44.6 Å². The lowest BCUT2D eigenvalue weighted by Gasteiger charge is -2.27. The fourth-order valence-electron chi connectivity index (χ4n) is 2.38. The molecule has 23 heavy (non-hydrogen) atoms. The Morgan fingerprint density at radius 2 is 2.09 bits per heavy atom. The lowest BCUT2D eigenvalue weighted by molar-refractivity contribution is -0.146. The topological polar surface area (TPSA) is 120 Å². The number of hydrogen-bond acceptors (Lipinski definition) is 7. The molecule has 0 spiro atoms. The zero-order valence-electron chi connectivity index (χ0n) is 13.4. The molecule has 3 atom stereocenters. The molecule has 2 aliphatic rings. The van der Waals surface area contributed by atoms with Gasteiger partial charge >= 0.3 is 6.03 Å². The summed E-state index contributed by atoms with van der Waals surface area (Å²) in [5.41, 5.74) is -1.43. The second kappa shape index (κ2) is 6.52. The maximum Gasteiger partial charge on any atom is 0.334 e. The number of nitrogens with zero attached hydrogens (tertiary/aromatic N) is 2. The van der Waals surface area contributed by atoms with Gasteiger partial charge in [0.25, 0.3) is 11.8 Å². The van der Waals surface area contributed by atoms with Crippen molar-refractivity contribution in [3.63, 3.8) is 0 Å². The Balaban J connectivity index is 2.07. The third kappa shape index (κ3) is 3.52. The average Bonchev–Trinajstić information content (AvgIpc) is 3.30. The Kier molecular flexibility index (Phi) is 5.04. The Hall–Kier alpha value is -1.55. The van der Waals surface area contributed by atoms with E-state index < -0.39 is 42.2 Å². The molecule has 2 aliphatic heterocycles. The molecule has 3 unspecified atom stereocenters. The molecule has 2 rings (SSSR count). The number of aliphatic hydroxyl groups is 2. The van der Waals surface area contributed by atoms with Gasteiger partial charge < -0.3 is 19.7 Å². The maximum absolute atomic E-state index is 12.4. The van der Waals surface area contributed by atoms with Gasteiger partial charge in [-0.2, -0.15) is 0 Å². The summed E-state index contributed by atoms with van der Waals surface area (Å²) >= 11 is 0. The van der Waals surface area contributed by atoms with E-state index in [1.807, 2.05) is 0 Å². The third-order valence-electron chi connectivity index (χ3n) is 3.84. The zero-order valence-corrected chi connectivity index (χ0v) is 13.4. The van der Waals surface area contributed by atoms with Crippen molar-refractivity contribution in [2.75, 3.05) is 26.4 Å². The van der Waals surface area contributed by atoms with Crippen LogP contribution in [-0.4, -0.2) is 88.1 Å². The van der Waals surface area contributed by atoms with Crippen molar-refractivity contribution in [3.05, 3.63) is 0 Å². The van der Waals surface area contributed by atoms with Gasteiger partial charge in [-0.05, 0) is 20.8 Å². The molecule has 0 aromatic carbocycles. The summed E-state index contributed by atoms with van der Waals surface area (Å²) in [6.45, 7) is 4.73. The lowest BCUT2D eigenvalue weighted by Crippen LogP contribution is -2.52. The minimum atomic E-state index is -1.74. The molecule has 0 radical (unpaired) electrons. The van der Waals surface area contributed by atoms with Gasteiger partial charge in [0.1, 0.15) is 11.6 Å². The molecule has 2 fully saturated rings. The van der Waals surface area contributed by atoms with Gasteiger partial charge in [-0.25, -0.2) is 9.69 Å². The van der Waals surface area contributed by atoms with Crippen LogP contribution in [0.25, 0.3) is 0 Å². The van der Waals surface area contributed by atoms with Crippen LogP contribution in [0.4, 0.5) is 4.79 Å². The monoisotopic (exact) mass is 330 g/mol. The number of amides is 4. The SMILES string of the molecule is CC(CN1C(=O)N(C(=O)C(O)CO)C(C)(C)C1=O)OCC1CO1. The number of imide groups is 2. The molecule has 0 bridgehead atoms. The minimum Gasteiger partial charge on any atom is -0.393 e. The first-order valence-electron chi connectivity index (χ1n) is 7.42. The molecule has 0 aromatic heterocycles. The van der Waals surface area contributed by atoms with Crippen molar-refractivity contribution < 1.29 is 34.1 Å². The lowest BCUT2D eigenvalue weighted by atomic mass is 10.0. The van der Waals surface area contributed by atoms with E-state index in [9.17, 15) is 19.5 Å². The van der Waals surface area contributed by atoms with Gasteiger partial charge in [0.15, 0.2) is 6.10 Å². The molecule has 2 saturated heterocycles. The summed E-state index contributed by atoms with van der Waals surface area (Å²) in [7, 11) is 0. The highest BCUT2D eigenvalue weighted by Gasteiger charge is 2.55. The first-order valence-corrected chi connectivity index (χ1v) is 7.42. The fourth-order valence-corrected chi connectivity index (χ4v) is 2.38. The molecule has 130 valence electrons. The van der Waals surface area contributed by atoms with Crippen LogP contribution in [0.15, 0.2) is 0 Å². The van der Waals surface area contributed by atoms with E-state index in [0.29, 0.717) is 18.1 Å². The van der Waals surface area contributed by atoms with Crippen LogP contribution in [0.3, 0.4) is 0 Å². The summed E-state index contributed by atoms with van der Waals surface area (Å²) in [5.74, 6) is -1.56. The van der Waals surface area contributed by atoms with Gasteiger partial charge in [0.2, 0.25) is 0 Å². The predicted octanol–water partition coefficient (Wildman–Crippen LogP) is -1.29. The molecule has 0 aliphatic carbocycles. The normalized spacial score (nSPS) is 25.7. The van der Waals surface area contributed by atoms with Crippen LogP contribution < -0.4 is 0 Å². The van der Waals surface area contributed by atoms with E-state index in [0.717, 1.165) is 4.90 Å². The van der Waals surface area contributed by atoms with Crippen molar-refractivity contribution >= 4 is 17.8 Å². The van der Waals surface area contributed by atoms with Gasteiger partial charge in [0.05, 0.1) is 32.5 Å². The van der Waals surface area contributed by atoms with Gasteiger partial charge in [-0.15, -0.1) is 0 Å². The highest BCUT2D eigenvalue weighted by atomic mass is 16.6. The second-order valence-corrected chi connectivity index (χ2v) is 6.23. The van der Waals surface area contributed by atoms with E-state index in [4.69, 9.17) is 14.6 Å². The smallest absolute Gasteiger partial charge is 0.334 e. The summed E-state index contributed by atoms with van der Waals surface area (Å²) in [5, 5.41) is 18.4. The Labute approximate surface area is 133 Å². The molecule has 0 aromatic rings. The van der Waals surface area contributed by atoms with Crippen molar-refractivity contribution in [1.29, 1.82) is 0 Å². The predicted molar refractivity (Wildman–Crippen MR) is 76.3 cm³/mol. The van der Waals surface area contributed by atoms with E-state index in [1.165, 1.54) is 13.8 Å². The van der Waals surface area contributed by atoms with Crippen LogP contribution in [0.2, 0.25) is 0 Å². The highest BCUT2D eigenvalue weighted by molar-refractivity contribution is 6.14. The largest absolute Gasteiger partial charge is 0.393 e. The highest BCUT2D eigenvalue weighted by Crippen LogP contribution is 2.29. The quantitative estimate of drug-likeness (QED) is 0.440. The van der Waals surface area contributed by atoms with E-state index in [1.54, 1.807) is 6.92 Å². The summed E-state index contributed by atoms with van der Waals surface area (Å²) in [6, 6.07) is -0.823. The first kappa shape index (κ1) is 17.8. The number of urea groups is 1. The maximum atomic E-state index is 12.4. The van der Waals surface area contributed by atoms with Crippen LogP contribution >= 0.6 is 0 Å². The summed E-state index contributed by atoms with van der Waals surface area (Å²) in [4.78, 5) is 38.5. The molecule has 4 amide bonds. The number of hydrogen-bond donors (Lipinski definition) is 2. The third-order valence-corrected chi connectivity index (χ3v) is 3.84. The summed E-state index contributed by atoms with van der Waals surface area (Å²) in [6.07, 6.45) is -2.09.